The van der Waals surface area contributed by atoms with Crippen LogP contribution in [0.15, 0.2) is 0 Å². The summed E-state index contributed by atoms with van der Waals surface area (Å²) in [5.41, 5.74) is 4.53. The van der Waals surface area contributed by atoms with Gasteiger partial charge >= 0.3 is 0 Å². The van der Waals surface area contributed by atoms with Crippen molar-refractivity contribution in [1.82, 2.24) is 21.1 Å². The van der Waals surface area contributed by atoms with E-state index in [0.717, 1.165) is 0 Å². The quantitative estimate of drug-likeness (QED) is 0.0448. The standard InChI is InChI=1S/C27H44N4O12S/c1-28-20(36)4-3-9-44-19-10-21(37)31(25(19)39)12-15-5-7-16(8-6-15)24(38)29-30-26(40)27(42-14-33)11-17(34)22(41-2)23(43-27)18(35)13-32/h15-19,22-23,32-35H,3-14H2,1-2H3,(H,28,36)(H,29,38)(H,30,40)/t15?,16?,17-,18+,19?,22-,23?,27-/m1/s1. The van der Waals surface area contributed by atoms with Gasteiger partial charge < -0.3 is 40.0 Å². The van der Waals surface area contributed by atoms with Crippen LogP contribution in [0.1, 0.15) is 51.4 Å². The number of imide groups is 1. The van der Waals surface area contributed by atoms with Gasteiger partial charge in [0.25, 0.3) is 11.7 Å². The molecule has 2 aliphatic heterocycles. The molecule has 0 radical (unpaired) electrons. The van der Waals surface area contributed by atoms with E-state index in [0.29, 0.717) is 44.3 Å². The Labute approximate surface area is 259 Å². The highest BCUT2D eigenvalue weighted by atomic mass is 32.2. The molecule has 0 aromatic heterocycles. The van der Waals surface area contributed by atoms with Crippen LogP contribution in [0.2, 0.25) is 0 Å². The summed E-state index contributed by atoms with van der Waals surface area (Å²) in [7, 11) is 2.81. The number of rotatable bonds is 14. The minimum Gasteiger partial charge on any atom is -0.394 e. The number of aliphatic hydroxyl groups excluding tert-OH is 4. The first-order chi connectivity index (χ1) is 21.0. The third-order valence-corrected chi connectivity index (χ3v) is 9.59. The van der Waals surface area contributed by atoms with Crippen molar-refractivity contribution >= 4 is 41.3 Å². The molecule has 0 aromatic carbocycles. The molecule has 0 spiro atoms. The van der Waals surface area contributed by atoms with Crippen LogP contribution in [-0.4, -0.2) is 130 Å². The lowest BCUT2D eigenvalue weighted by atomic mass is 9.81. The molecular formula is C27H44N4O12S. The zero-order chi connectivity index (χ0) is 32.4. The third-order valence-electron chi connectivity index (χ3n) is 8.30. The number of thioether (sulfide) groups is 1. The molecule has 6 atom stereocenters. The van der Waals surface area contributed by atoms with Crippen molar-refractivity contribution < 1.29 is 58.6 Å². The molecule has 44 heavy (non-hydrogen) atoms. The van der Waals surface area contributed by atoms with Gasteiger partial charge in [0.05, 0.1) is 18.0 Å². The number of carbonyl (C=O) groups excluding carboxylic acids is 5. The molecule has 2 unspecified atom stereocenters. The lowest BCUT2D eigenvalue weighted by Crippen LogP contribution is -2.66. The third kappa shape index (κ3) is 8.87. The van der Waals surface area contributed by atoms with Gasteiger partial charge in [-0.1, -0.05) is 0 Å². The maximum absolute atomic E-state index is 13.1. The maximum atomic E-state index is 13.1. The Kier molecular flexibility index (Phi) is 13.8. The Morgan fingerprint density at radius 2 is 1.86 bits per heavy atom. The monoisotopic (exact) mass is 648 g/mol. The zero-order valence-corrected chi connectivity index (χ0v) is 25.8. The molecule has 3 rings (SSSR count). The van der Waals surface area contributed by atoms with E-state index in [4.69, 9.17) is 14.2 Å². The van der Waals surface area contributed by atoms with Gasteiger partial charge in [0.2, 0.25) is 23.6 Å². The lowest BCUT2D eigenvalue weighted by molar-refractivity contribution is -0.331. The second-order valence-electron chi connectivity index (χ2n) is 11.2. The van der Waals surface area contributed by atoms with E-state index in [-0.39, 0.29) is 36.6 Å². The fraction of sp³-hybridized carbons (Fsp3) is 0.815. The van der Waals surface area contributed by atoms with Gasteiger partial charge in [-0.3, -0.25) is 39.7 Å². The van der Waals surface area contributed by atoms with Crippen molar-refractivity contribution in [3.8, 4) is 0 Å². The zero-order valence-electron chi connectivity index (χ0n) is 24.9. The van der Waals surface area contributed by atoms with Gasteiger partial charge in [0.15, 0.2) is 0 Å². The summed E-state index contributed by atoms with van der Waals surface area (Å²) in [6.45, 7) is -1.48. The molecule has 1 saturated carbocycles. The van der Waals surface area contributed by atoms with Crippen LogP contribution in [0.5, 0.6) is 0 Å². The molecule has 3 fully saturated rings. The van der Waals surface area contributed by atoms with Crippen molar-refractivity contribution in [1.29, 1.82) is 0 Å². The summed E-state index contributed by atoms with van der Waals surface area (Å²) in [6, 6.07) is 0. The van der Waals surface area contributed by atoms with Crippen LogP contribution >= 0.6 is 11.8 Å². The van der Waals surface area contributed by atoms with E-state index >= 15 is 0 Å². The Morgan fingerprint density at radius 3 is 2.48 bits per heavy atom. The van der Waals surface area contributed by atoms with Crippen molar-refractivity contribution in [3.63, 3.8) is 0 Å². The molecule has 3 aliphatic rings. The second-order valence-corrected chi connectivity index (χ2v) is 12.5. The lowest BCUT2D eigenvalue weighted by Gasteiger charge is -2.45. The number of hydrogen-bond donors (Lipinski definition) is 7. The summed E-state index contributed by atoms with van der Waals surface area (Å²) < 4.78 is 15.9. The van der Waals surface area contributed by atoms with Crippen LogP contribution in [0.3, 0.4) is 0 Å². The van der Waals surface area contributed by atoms with Crippen LogP contribution in [0.4, 0.5) is 0 Å². The summed E-state index contributed by atoms with van der Waals surface area (Å²) in [6.07, 6.45) is -2.77. The largest absolute Gasteiger partial charge is 0.394 e. The van der Waals surface area contributed by atoms with Gasteiger partial charge in [-0.15, -0.1) is 11.8 Å². The van der Waals surface area contributed by atoms with Crippen molar-refractivity contribution in [3.05, 3.63) is 0 Å². The van der Waals surface area contributed by atoms with Crippen LogP contribution in [0.25, 0.3) is 0 Å². The molecule has 0 aromatic rings. The number of likely N-dealkylation sites (tertiary alicyclic amines) is 1. The topological polar surface area (TPSA) is 233 Å². The molecule has 2 saturated heterocycles. The molecule has 1 aliphatic carbocycles. The van der Waals surface area contributed by atoms with Crippen LogP contribution < -0.4 is 16.2 Å². The highest BCUT2D eigenvalue weighted by Crippen LogP contribution is 2.35. The van der Waals surface area contributed by atoms with E-state index < -0.39 is 73.0 Å². The average molecular weight is 649 g/mol. The average Bonchev–Trinajstić information content (AvgIpc) is 3.28. The first-order valence-corrected chi connectivity index (χ1v) is 15.7. The molecule has 2 heterocycles. The normalized spacial score (nSPS) is 31.5. The number of hydrazine groups is 1. The van der Waals surface area contributed by atoms with Crippen LogP contribution in [-0.2, 0) is 38.2 Å². The van der Waals surface area contributed by atoms with Crippen molar-refractivity contribution in [2.75, 3.05) is 39.9 Å². The van der Waals surface area contributed by atoms with Crippen molar-refractivity contribution in [2.45, 2.75) is 86.8 Å². The first-order valence-electron chi connectivity index (χ1n) is 14.7. The fourth-order valence-electron chi connectivity index (χ4n) is 5.79. The number of amides is 5. The molecule has 7 N–H and O–H groups in total. The van der Waals surface area contributed by atoms with E-state index in [2.05, 4.69) is 16.2 Å². The number of ether oxygens (including phenoxy) is 3. The molecule has 250 valence electrons. The number of nitrogens with zero attached hydrogens (tertiary/aromatic N) is 1. The molecule has 5 amide bonds. The SMILES string of the molecule is CNC(=O)CCCSC1CC(=O)N(CC2CCC(C(=O)NNC(=O)[C@@]3(OCO)C[C@@H](O)[C@@H](OC)C([C@@H](O)CO)O3)CC2)C1=O. The molecule has 16 nitrogen and oxygen atoms in total. The number of aliphatic hydroxyl groups is 4. The number of methoxy groups -OCH3 is 1. The molecular weight excluding hydrogens is 604 g/mol. The van der Waals surface area contributed by atoms with Gasteiger partial charge in [-0.25, -0.2) is 0 Å². The first kappa shape index (κ1) is 36.1. The highest BCUT2D eigenvalue weighted by Gasteiger charge is 2.55. The van der Waals surface area contributed by atoms with E-state index in [1.54, 1.807) is 7.05 Å². The number of hydrogen-bond acceptors (Lipinski definition) is 13. The Morgan fingerprint density at radius 1 is 1.16 bits per heavy atom. The Bertz CT molecular complexity index is 1030. The van der Waals surface area contributed by atoms with E-state index in [1.165, 1.54) is 23.8 Å². The summed E-state index contributed by atoms with van der Waals surface area (Å²) in [4.78, 5) is 64.0. The van der Waals surface area contributed by atoms with E-state index in [9.17, 15) is 44.4 Å². The fourth-order valence-corrected chi connectivity index (χ4v) is 6.91. The molecule has 0 bridgehead atoms. The predicted molar refractivity (Wildman–Crippen MR) is 153 cm³/mol. The minimum absolute atomic E-state index is 0.0282. The van der Waals surface area contributed by atoms with E-state index in [1.807, 2.05) is 0 Å². The van der Waals surface area contributed by atoms with Crippen LogP contribution in [0, 0.1) is 11.8 Å². The predicted octanol–water partition coefficient (Wildman–Crippen LogP) is -2.49. The molecule has 17 heteroatoms. The maximum Gasteiger partial charge on any atom is 0.298 e. The van der Waals surface area contributed by atoms with Gasteiger partial charge in [0, 0.05) is 45.9 Å². The van der Waals surface area contributed by atoms with Gasteiger partial charge in [-0.2, -0.15) is 0 Å². The summed E-state index contributed by atoms with van der Waals surface area (Å²) in [5, 5.41) is 41.6. The minimum atomic E-state index is -2.30. The Hall–Kier alpha value is -2.38. The smallest absolute Gasteiger partial charge is 0.298 e. The van der Waals surface area contributed by atoms with Gasteiger partial charge in [-0.05, 0) is 43.8 Å². The second kappa shape index (κ2) is 16.8. The summed E-state index contributed by atoms with van der Waals surface area (Å²) >= 11 is 1.39. The van der Waals surface area contributed by atoms with Crippen molar-refractivity contribution in [2.24, 2.45) is 11.8 Å². The number of nitrogens with one attached hydrogen (secondary N) is 3. The Balaban J connectivity index is 1.47. The highest BCUT2D eigenvalue weighted by molar-refractivity contribution is 8.00. The van der Waals surface area contributed by atoms with Gasteiger partial charge in [0.1, 0.15) is 25.1 Å². The summed E-state index contributed by atoms with van der Waals surface area (Å²) in [5.74, 6) is -4.19. The number of carbonyl (C=O) groups is 5.